The van der Waals surface area contributed by atoms with Gasteiger partial charge in [-0.3, -0.25) is 0 Å². The lowest BCUT2D eigenvalue weighted by molar-refractivity contribution is 0.349. The van der Waals surface area contributed by atoms with Crippen LogP contribution in [0.2, 0.25) is 0 Å². The van der Waals surface area contributed by atoms with E-state index in [1.165, 1.54) is 6.42 Å². The predicted molar refractivity (Wildman–Crippen MR) is 45.8 cm³/mol. The average Bonchev–Trinajstić information content (AvgIpc) is 2.58. The van der Waals surface area contributed by atoms with Crippen LogP contribution >= 0.6 is 0 Å². The summed E-state index contributed by atoms with van der Waals surface area (Å²) in [6, 6.07) is 2.27. The molecule has 2 atom stereocenters. The van der Waals surface area contributed by atoms with Gasteiger partial charge in [0.1, 0.15) is 5.76 Å². The summed E-state index contributed by atoms with van der Waals surface area (Å²) in [7, 11) is 0. The summed E-state index contributed by atoms with van der Waals surface area (Å²) in [6.45, 7) is 1.94. The zero-order valence-electron chi connectivity index (χ0n) is 7.29. The second kappa shape index (κ2) is 2.90. The van der Waals surface area contributed by atoms with E-state index in [-0.39, 0.29) is 6.04 Å². The van der Waals surface area contributed by atoms with E-state index in [9.17, 15) is 0 Å². The summed E-state index contributed by atoms with van der Waals surface area (Å²) >= 11 is 0. The second-order valence-electron chi connectivity index (χ2n) is 3.57. The van der Waals surface area contributed by atoms with Crippen LogP contribution in [0.15, 0.2) is 10.6 Å². The zero-order valence-corrected chi connectivity index (χ0v) is 7.29. The molecule has 3 nitrogen and oxygen atoms in total. The molecule has 12 heavy (non-hydrogen) atoms. The molecule has 0 radical (unpaired) electrons. The Labute approximate surface area is 71.9 Å². The number of hydrogen-bond donors (Lipinski definition) is 1. The molecule has 1 heterocycles. The van der Waals surface area contributed by atoms with Gasteiger partial charge in [0, 0.05) is 18.0 Å². The van der Waals surface area contributed by atoms with Crippen molar-refractivity contribution >= 4 is 0 Å². The molecular weight excluding hydrogens is 152 g/mol. The van der Waals surface area contributed by atoms with Crippen LogP contribution in [0, 0.1) is 6.92 Å². The Morgan fingerprint density at radius 1 is 1.58 bits per heavy atom. The SMILES string of the molecule is Cc1cc(C2CCCC2N)on1. The largest absolute Gasteiger partial charge is 0.361 e. The number of aromatic nitrogens is 1. The molecule has 1 aromatic heterocycles. The van der Waals surface area contributed by atoms with Crippen LogP contribution in [0.3, 0.4) is 0 Å². The van der Waals surface area contributed by atoms with Gasteiger partial charge >= 0.3 is 0 Å². The Hall–Kier alpha value is -0.830. The first-order valence-electron chi connectivity index (χ1n) is 4.46. The van der Waals surface area contributed by atoms with Crippen LogP contribution in [0.4, 0.5) is 0 Å². The number of aryl methyl sites for hydroxylation is 1. The van der Waals surface area contributed by atoms with Crippen LogP contribution in [0.25, 0.3) is 0 Å². The van der Waals surface area contributed by atoms with Crippen molar-refractivity contribution in [3.8, 4) is 0 Å². The summed E-state index contributed by atoms with van der Waals surface area (Å²) in [5.74, 6) is 1.38. The van der Waals surface area contributed by atoms with E-state index < -0.39 is 0 Å². The van der Waals surface area contributed by atoms with Crippen molar-refractivity contribution < 1.29 is 4.52 Å². The molecule has 1 aliphatic rings. The molecule has 66 valence electrons. The average molecular weight is 166 g/mol. The summed E-state index contributed by atoms with van der Waals surface area (Å²) in [4.78, 5) is 0. The molecule has 0 amide bonds. The van der Waals surface area contributed by atoms with Gasteiger partial charge in [-0.15, -0.1) is 0 Å². The molecule has 1 aliphatic carbocycles. The monoisotopic (exact) mass is 166 g/mol. The molecule has 1 aromatic rings. The maximum Gasteiger partial charge on any atom is 0.141 e. The van der Waals surface area contributed by atoms with E-state index in [4.69, 9.17) is 10.3 Å². The molecular formula is C9H14N2O. The van der Waals surface area contributed by atoms with Crippen LogP contribution in [0.1, 0.15) is 36.6 Å². The Morgan fingerprint density at radius 2 is 2.42 bits per heavy atom. The fourth-order valence-corrected chi connectivity index (χ4v) is 1.90. The highest BCUT2D eigenvalue weighted by Crippen LogP contribution is 2.33. The quantitative estimate of drug-likeness (QED) is 0.689. The summed E-state index contributed by atoms with van der Waals surface area (Å²) < 4.78 is 5.19. The van der Waals surface area contributed by atoms with Gasteiger partial charge in [-0.2, -0.15) is 0 Å². The lowest BCUT2D eigenvalue weighted by Gasteiger charge is -2.10. The molecule has 0 spiro atoms. The molecule has 0 aromatic carbocycles. The molecule has 1 saturated carbocycles. The highest BCUT2D eigenvalue weighted by Gasteiger charge is 2.28. The first-order valence-corrected chi connectivity index (χ1v) is 4.46. The first kappa shape index (κ1) is 7.80. The van der Waals surface area contributed by atoms with Gasteiger partial charge in [0.25, 0.3) is 0 Å². The minimum absolute atomic E-state index is 0.275. The van der Waals surface area contributed by atoms with E-state index in [2.05, 4.69) is 5.16 Å². The smallest absolute Gasteiger partial charge is 0.141 e. The Balaban J connectivity index is 2.19. The third-order valence-corrected chi connectivity index (χ3v) is 2.58. The minimum atomic E-state index is 0.275. The summed E-state index contributed by atoms with van der Waals surface area (Å²) in [5.41, 5.74) is 6.88. The number of nitrogens with zero attached hydrogens (tertiary/aromatic N) is 1. The number of rotatable bonds is 1. The van der Waals surface area contributed by atoms with Crippen LogP contribution < -0.4 is 5.73 Å². The maximum atomic E-state index is 5.93. The molecule has 3 heteroatoms. The summed E-state index contributed by atoms with van der Waals surface area (Å²) in [6.07, 6.45) is 3.48. The highest BCUT2D eigenvalue weighted by molar-refractivity contribution is 5.12. The molecule has 2 rings (SSSR count). The van der Waals surface area contributed by atoms with Gasteiger partial charge in [-0.25, -0.2) is 0 Å². The topological polar surface area (TPSA) is 52.0 Å². The molecule has 1 fully saturated rings. The molecule has 0 saturated heterocycles. The van der Waals surface area contributed by atoms with Crippen LogP contribution in [-0.2, 0) is 0 Å². The van der Waals surface area contributed by atoms with E-state index in [0.717, 1.165) is 24.3 Å². The second-order valence-corrected chi connectivity index (χ2v) is 3.57. The van der Waals surface area contributed by atoms with Gasteiger partial charge in [-0.05, 0) is 19.8 Å². The van der Waals surface area contributed by atoms with Crippen molar-refractivity contribution in [2.75, 3.05) is 0 Å². The van der Waals surface area contributed by atoms with Gasteiger partial charge in [0.2, 0.25) is 0 Å². The normalized spacial score (nSPS) is 29.5. The van der Waals surface area contributed by atoms with Gasteiger partial charge in [-0.1, -0.05) is 11.6 Å². The van der Waals surface area contributed by atoms with Crippen LogP contribution in [-0.4, -0.2) is 11.2 Å². The standard InChI is InChI=1S/C9H14N2O/c1-6-5-9(12-11-6)7-3-2-4-8(7)10/h5,7-8H,2-4,10H2,1H3. The predicted octanol–water partition coefficient (Wildman–Crippen LogP) is 1.58. The van der Waals surface area contributed by atoms with E-state index in [1.54, 1.807) is 0 Å². The fourth-order valence-electron chi connectivity index (χ4n) is 1.90. The lowest BCUT2D eigenvalue weighted by Crippen LogP contribution is -2.22. The molecule has 2 unspecified atom stereocenters. The van der Waals surface area contributed by atoms with Gasteiger partial charge in [0.15, 0.2) is 0 Å². The van der Waals surface area contributed by atoms with Crippen molar-refractivity contribution in [2.45, 2.75) is 38.1 Å². The lowest BCUT2D eigenvalue weighted by atomic mass is 10.0. The Bertz CT molecular complexity index is 269. The minimum Gasteiger partial charge on any atom is -0.361 e. The highest BCUT2D eigenvalue weighted by atomic mass is 16.5. The fraction of sp³-hybridized carbons (Fsp3) is 0.667. The van der Waals surface area contributed by atoms with Gasteiger partial charge in [0.05, 0.1) is 5.69 Å². The molecule has 0 bridgehead atoms. The number of nitrogens with two attached hydrogens (primary N) is 1. The number of hydrogen-bond acceptors (Lipinski definition) is 3. The van der Waals surface area contributed by atoms with Crippen molar-refractivity contribution in [1.82, 2.24) is 5.16 Å². The van der Waals surface area contributed by atoms with E-state index in [0.29, 0.717) is 5.92 Å². The Morgan fingerprint density at radius 3 is 2.92 bits per heavy atom. The van der Waals surface area contributed by atoms with Crippen molar-refractivity contribution in [3.05, 3.63) is 17.5 Å². The summed E-state index contributed by atoms with van der Waals surface area (Å²) in [5, 5.41) is 3.87. The van der Waals surface area contributed by atoms with Crippen LogP contribution in [0.5, 0.6) is 0 Å². The van der Waals surface area contributed by atoms with Crippen molar-refractivity contribution in [3.63, 3.8) is 0 Å². The van der Waals surface area contributed by atoms with Crippen molar-refractivity contribution in [2.24, 2.45) is 5.73 Å². The maximum absolute atomic E-state index is 5.93. The molecule has 2 N–H and O–H groups in total. The third-order valence-electron chi connectivity index (χ3n) is 2.58. The third kappa shape index (κ3) is 1.25. The van der Waals surface area contributed by atoms with E-state index in [1.807, 2.05) is 13.0 Å². The van der Waals surface area contributed by atoms with Gasteiger partial charge < -0.3 is 10.3 Å². The zero-order chi connectivity index (χ0) is 8.55. The Kier molecular flexibility index (Phi) is 1.89. The molecule has 0 aliphatic heterocycles. The van der Waals surface area contributed by atoms with Crippen molar-refractivity contribution in [1.29, 1.82) is 0 Å². The first-order chi connectivity index (χ1) is 5.77. The van der Waals surface area contributed by atoms with E-state index >= 15 is 0 Å².